The molecule has 1 amide bonds. The van der Waals surface area contributed by atoms with Crippen LogP contribution in [0.3, 0.4) is 0 Å². The van der Waals surface area contributed by atoms with Gasteiger partial charge in [0.25, 0.3) is 5.91 Å². The average molecular weight is 375 g/mol. The van der Waals surface area contributed by atoms with Crippen LogP contribution in [0.2, 0.25) is 5.02 Å². The van der Waals surface area contributed by atoms with Crippen molar-refractivity contribution in [2.45, 2.75) is 13.0 Å². The first-order valence-electron chi connectivity index (χ1n) is 8.93. The van der Waals surface area contributed by atoms with Crippen LogP contribution in [0.15, 0.2) is 48.5 Å². The van der Waals surface area contributed by atoms with Gasteiger partial charge in [-0.3, -0.25) is 4.79 Å². The molecule has 0 aliphatic carbocycles. The Morgan fingerprint density at radius 3 is 2.58 bits per heavy atom. The highest BCUT2D eigenvalue weighted by Gasteiger charge is 2.23. The summed E-state index contributed by atoms with van der Waals surface area (Å²) < 4.78 is 0. The summed E-state index contributed by atoms with van der Waals surface area (Å²) in [4.78, 5) is 15.9. The molecule has 0 radical (unpaired) electrons. The molecule has 1 aliphatic heterocycles. The van der Waals surface area contributed by atoms with Gasteiger partial charge in [0.1, 0.15) is 5.75 Å². The Balaban J connectivity index is 1.46. The number of rotatable bonds is 5. The third-order valence-corrected chi connectivity index (χ3v) is 5.06. The Hall–Kier alpha value is -2.24. The first-order valence-corrected chi connectivity index (χ1v) is 9.31. The lowest BCUT2D eigenvalue weighted by atomic mass is 10.1. The zero-order chi connectivity index (χ0) is 18.5. The maximum atomic E-state index is 12.4. The molecule has 1 fully saturated rings. The van der Waals surface area contributed by atoms with E-state index in [9.17, 15) is 9.90 Å². The quantitative estimate of drug-likeness (QED) is 0.745. The van der Waals surface area contributed by atoms with Gasteiger partial charge in [-0.2, -0.15) is 0 Å². The smallest absolute Gasteiger partial charge is 0.275 e. The van der Waals surface area contributed by atoms with Crippen molar-refractivity contribution < 1.29 is 14.8 Å². The number of hydrogen-bond donors (Lipinski definition) is 3. The molecule has 0 saturated carbocycles. The molecule has 0 spiro atoms. The monoisotopic (exact) mass is 374 g/mol. The Morgan fingerprint density at radius 2 is 1.92 bits per heavy atom. The van der Waals surface area contributed by atoms with E-state index in [0.717, 1.165) is 37.4 Å². The number of carbonyl (C=O) groups is 1. The van der Waals surface area contributed by atoms with Gasteiger partial charge in [0.05, 0.1) is 32.2 Å². The summed E-state index contributed by atoms with van der Waals surface area (Å²) in [5.74, 6) is 0.342. The first kappa shape index (κ1) is 18.5. The summed E-state index contributed by atoms with van der Waals surface area (Å²) in [5, 5.41) is 13.1. The first-order chi connectivity index (χ1) is 12.5. The molecule has 3 N–H and O–H groups in total. The Kier molecular flexibility index (Phi) is 6.01. The number of carbonyl (C=O) groups excluding carboxylic acids is 1. The molecule has 2 aromatic carbocycles. The predicted octanol–water partition coefficient (Wildman–Crippen LogP) is 1.63. The van der Waals surface area contributed by atoms with E-state index in [2.05, 4.69) is 10.2 Å². The molecular weight excluding hydrogens is 350 g/mol. The van der Waals surface area contributed by atoms with Gasteiger partial charge in [-0.25, -0.2) is 0 Å². The lowest BCUT2D eigenvalue weighted by molar-refractivity contribution is -0.892. The molecule has 26 heavy (non-hydrogen) atoms. The number of nitrogens with one attached hydrogen (secondary N) is 2. The molecule has 2 aromatic rings. The molecule has 6 heteroatoms. The fourth-order valence-corrected chi connectivity index (χ4v) is 3.50. The van der Waals surface area contributed by atoms with Gasteiger partial charge in [0.2, 0.25) is 0 Å². The third-order valence-electron chi connectivity index (χ3n) is 4.82. The lowest BCUT2D eigenvalue weighted by Gasteiger charge is -2.33. The largest absolute Gasteiger partial charge is 0.508 e. The van der Waals surface area contributed by atoms with Crippen molar-refractivity contribution in [1.29, 1.82) is 0 Å². The summed E-state index contributed by atoms with van der Waals surface area (Å²) in [6, 6.07) is 14.8. The normalized spacial score (nSPS) is 16.3. The Bertz CT molecular complexity index is 743. The van der Waals surface area contributed by atoms with Crippen LogP contribution >= 0.6 is 11.6 Å². The van der Waals surface area contributed by atoms with E-state index >= 15 is 0 Å². The number of halogens is 1. The van der Waals surface area contributed by atoms with Crippen molar-refractivity contribution in [3.05, 3.63) is 59.1 Å². The molecule has 0 bridgehead atoms. The molecule has 1 saturated heterocycles. The van der Waals surface area contributed by atoms with Crippen LogP contribution in [-0.4, -0.2) is 43.7 Å². The van der Waals surface area contributed by atoms with Gasteiger partial charge in [0.15, 0.2) is 6.54 Å². The minimum absolute atomic E-state index is 0.0566. The molecular formula is C20H25ClN3O2+. The van der Waals surface area contributed by atoms with Gasteiger partial charge in [-0.05, 0) is 48.9 Å². The summed E-state index contributed by atoms with van der Waals surface area (Å²) in [5.41, 5.74) is 2.12. The molecule has 0 unspecified atom stereocenters. The van der Waals surface area contributed by atoms with Crippen molar-refractivity contribution in [1.82, 2.24) is 5.32 Å². The number of nitrogens with zero attached hydrogens (tertiary/aromatic N) is 1. The minimum atomic E-state index is -0.0566. The van der Waals surface area contributed by atoms with Crippen LogP contribution in [0.5, 0.6) is 5.75 Å². The summed E-state index contributed by atoms with van der Waals surface area (Å²) in [7, 11) is 0. The molecule has 0 aromatic heterocycles. The van der Waals surface area contributed by atoms with Crippen molar-refractivity contribution in [3.63, 3.8) is 0 Å². The fraction of sp³-hybridized carbons (Fsp3) is 0.350. The van der Waals surface area contributed by atoms with Gasteiger partial charge in [-0.15, -0.1) is 0 Å². The minimum Gasteiger partial charge on any atom is -0.508 e. The number of piperazine rings is 1. The van der Waals surface area contributed by atoms with Crippen LogP contribution in [0.25, 0.3) is 0 Å². The van der Waals surface area contributed by atoms with Crippen molar-refractivity contribution in [2.75, 3.05) is 37.6 Å². The second-order valence-corrected chi connectivity index (χ2v) is 7.21. The predicted molar refractivity (Wildman–Crippen MR) is 104 cm³/mol. The Morgan fingerprint density at radius 1 is 1.23 bits per heavy atom. The highest BCUT2D eigenvalue weighted by Crippen LogP contribution is 2.18. The second kappa shape index (κ2) is 8.43. The maximum absolute atomic E-state index is 12.4. The highest BCUT2D eigenvalue weighted by molar-refractivity contribution is 6.30. The van der Waals surface area contributed by atoms with Crippen LogP contribution in [-0.2, 0) is 4.79 Å². The molecule has 5 nitrogen and oxygen atoms in total. The zero-order valence-electron chi connectivity index (χ0n) is 14.9. The van der Waals surface area contributed by atoms with Crippen LogP contribution in [0.1, 0.15) is 18.5 Å². The van der Waals surface area contributed by atoms with Crippen LogP contribution in [0, 0.1) is 0 Å². The number of aromatic hydroxyl groups is 1. The van der Waals surface area contributed by atoms with E-state index in [-0.39, 0.29) is 17.7 Å². The fourth-order valence-electron chi connectivity index (χ4n) is 3.30. The summed E-state index contributed by atoms with van der Waals surface area (Å²) >= 11 is 6.02. The molecule has 1 heterocycles. The summed E-state index contributed by atoms with van der Waals surface area (Å²) in [6.07, 6.45) is 0. The standard InChI is InChI=1S/C20H24ClN3O2/c1-15(16-3-2-4-17(21)13-16)22-20(26)14-23-9-11-24(12-10-23)18-5-7-19(25)8-6-18/h2-8,13,15,25H,9-12,14H2,1H3,(H,22,26)/p+1/t15-/m1/s1. The molecule has 3 rings (SSSR count). The van der Waals surface area contributed by atoms with Crippen molar-refractivity contribution in [2.24, 2.45) is 0 Å². The van der Waals surface area contributed by atoms with E-state index in [4.69, 9.17) is 11.6 Å². The lowest BCUT2D eigenvalue weighted by Crippen LogP contribution is -3.15. The van der Waals surface area contributed by atoms with E-state index in [1.54, 1.807) is 12.1 Å². The number of anilines is 1. The van der Waals surface area contributed by atoms with E-state index in [1.807, 2.05) is 43.3 Å². The second-order valence-electron chi connectivity index (χ2n) is 6.77. The van der Waals surface area contributed by atoms with Gasteiger partial charge in [-0.1, -0.05) is 23.7 Å². The van der Waals surface area contributed by atoms with Gasteiger partial charge in [0, 0.05) is 10.7 Å². The maximum Gasteiger partial charge on any atom is 0.275 e. The van der Waals surface area contributed by atoms with Crippen LogP contribution < -0.4 is 15.1 Å². The average Bonchev–Trinajstić information content (AvgIpc) is 2.63. The molecule has 1 aliphatic rings. The topological polar surface area (TPSA) is 57.0 Å². The van der Waals surface area contributed by atoms with Crippen molar-refractivity contribution in [3.8, 4) is 5.75 Å². The molecule has 1 atom stereocenters. The Labute approximate surface area is 159 Å². The summed E-state index contributed by atoms with van der Waals surface area (Å²) in [6.45, 7) is 6.09. The zero-order valence-corrected chi connectivity index (χ0v) is 15.7. The van der Waals surface area contributed by atoms with E-state index in [0.29, 0.717) is 11.6 Å². The van der Waals surface area contributed by atoms with Gasteiger partial charge >= 0.3 is 0 Å². The van der Waals surface area contributed by atoms with Crippen LogP contribution in [0.4, 0.5) is 5.69 Å². The number of benzene rings is 2. The number of phenols is 1. The highest BCUT2D eigenvalue weighted by atomic mass is 35.5. The van der Waals surface area contributed by atoms with E-state index in [1.165, 1.54) is 4.90 Å². The number of hydrogen-bond acceptors (Lipinski definition) is 3. The van der Waals surface area contributed by atoms with Gasteiger partial charge < -0.3 is 20.2 Å². The SMILES string of the molecule is C[C@@H](NC(=O)C[NH+]1CCN(c2ccc(O)cc2)CC1)c1cccc(Cl)c1. The molecule has 138 valence electrons. The van der Waals surface area contributed by atoms with E-state index < -0.39 is 0 Å². The third kappa shape index (κ3) is 4.90. The number of phenolic OH excluding ortho intramolecular Hbond substituents is 1. The number of quaternary nitrogens is 1. The van der Waals surface area contributed by atoms with Crippen molar-refractivity contribution >= 4 is 23.2 Å². The number of amides is 1.